The molecule has 0 amide bonds. The molecule has 2 nitrogen and oxygen atoms in total. The first kappa shape index (κ1) is 8.03. The normalized spacial score (nSPS) is 8.00. The lowest BCUT2D eigenvalue weighted by Crippen LogP contribution is -1.78. The first-order valence-electron chi connectivity index (χ1n) is 2.86. The van der Waals surface area contributed by atoms with Gasteiger partial charge in [0.25, 0.3) is 6.07 Å². The fourth-order valence-electron chi connectivity index (χ4n) is 0.247. The van der Waals surface area contributed by atoms with Gasteiger partial charge in [0.15, 0.2) is 0 Å². The second-order valence-corrected chi connectivity index (χ2v) is 1.99. The van der Waals surface area contributed by atoms with Crippen molar-refractivity contribution >= 4 is 0 Å². The van der Waals surface area contributed by atoms with Gasteiger partial charge in [-0.15, -0.1) is 0 Å². The highest BCUT2D eigenvalue weighted by Crippen LogP contribution is 1.94. The Balaban J connectivity index is 3.73. The van der Waals surface area contributed by atoms with Gasteiger partial charge in [-0.2, -0.15) is 0 Å². The Hall–Kier alpha value is -0.970. The van der Waals surface area contributed by atoms with Gasteiger partial charge in [-0.25, -0.2) is 0 Å². The Labute approximate surface area is 56.0 Å². The molecule has 50 valence electrons. The topological polar surface area (TPSA) is 13.6 Å². The molecule has 0 bridgehead atoms. The molecule has 0 unspecified atom stereocenters. The number of hydrogen-bond donors (Lipinski definition) is 0. The molecule has 0 saturated heterocycles. The minimum Gasteiger partial charge on any atom is -0.435 e. The zero-order valence-electron chi connectivity index (χ0n) is 6.14. The lowest BCUT2D eigenvalue weighted by Gasteiger charge is -1.78. The van der Waals surface area contributed by atoms with Gasteiger partial charge in [0.05, 0.1) is 13.0 Å². The third-order valence-electron chi connectivity index (χ3n) is 0.683. The maximum Gasteiger partial charge on any atom is 0.492 e. The summed E-state index contributed by atoms with van der Waals surface area (Å²) in [4.78, 5) is 3.78. The maximum atomic E-state index is 4.68. The van der Waals surface area contributed by atoms with E-state index >= 15 is 0 Å². The van der Waals surface area contributed by atoms with Gasteiger partial charge in [-0.05, 0) is 13.8 Å². The number of ether oxygens (including phenoxy) is 1. The first-order chi connectivity index (χ1) is 4.16. The molecule has 0 rings (SSSR count). The zero-order chi connectivity index (χ0) is 7.28. The van der Waals surface area contributed by atoms with Gasteiger partial charge in [0, 0.05) is 11.4 Å². The van der Waals surface area contributed by atoms with Gasteiger partial charge >= 0.3 is 5.88 Å². The van der Waals surface area contributed by atoms with Gasteiger partial charge in [-0.1, -0.05) is 0 Å². The number of rotatable bonds is 1. The quantitative estimate of drug-likeness (QED) is 0.490. The number of methoxy groups -OCH3 is 1. The van der Waals surface area contributed by atoms with Crippen molar-refractivity contribution in [3.05, 3.63) is 17.3 Å². The van der Waals surface area contributed by atoms with Gasteiger partial charge < -0.3 is 4.74 Å². The van der Waals surface area contributed by atoms with E-state index in [1.807, 2.05) is 13.8 Å². The molecule has 0 aliphatic rings. The predicted molar refractivity (Wildman–Crippen MR) is 38.2 cm³/mol. The van der Waals surface area contributed by atoms with Crippen LogP contribution in [0.25, 0.3) is 4.85 Å². The average Bonchev–Trinajstić information content (AvgIpc) is 1.83. The Bertz CT molecular complexity index is 150. The first-order valence-corrected chi connectivity index (χ1v) is 2.86. The van der Waals surface area contributed by atoms with Crippen LogP contribution in [-0.2, 0) is 4.74 Å². The highest BCUT2D eigenvalue weighted by Gasteiger charge is 1.99. The molecular formula is C7H12NO+. The van der Waals surface area contributed by atoms with Gasteiger partial charge in [0.2, 0.25) is 0 Å². The largest absolute Gasteiger partial charge is 0.492 e. The monoisotopic (exact) mass is 126 g/mol. The summed E-state index contributed by atoms with van der Waals surface area (Å²) in [6.07, 6.45) is 0. The van der Waals surface area contributed by atoms with E-state index in [2.05, 4.69) is 22.2 Å². The summed E-state index contributed by atoms with van der Waals surface area (Å²) >= 11 is 0. The molecule has 0 aliphatic heterocycles. The molecule has 0 aromatic carbocycles. The van der Waals surface area contributed by atoms with E-state index in [9.17, 15) is 0 Å². The Morgan fingerprint density at radius 3 is 2.56 bits per heavy atom. The van der Waals surface area contributed by atoms with Crippen LogP contribution < -0.4 is 0 Å². The van der Waals surface area contributed by atoms with Crippen LogP contribution in [0, 0.1) is 12.0 Å². The molecule has 0 heterocycles. The molecule has 0 N–H and O–H groups in total. The average molecular weight is 126 g/mol. The summed E-state index contributed by atoms with van der Waals surface area (Å²) in [6, 6.07) is 2.80. The molecule has 9 heavy (non-hydrogen) atoms. The smallest absolute Gasteiger partial charge is 0.435 e. The zero-order valence-corrected chi connectivity index (χ0v) is 6.14. The van der Waals surface area contributed by atoms with Crippen molar-refractivity contribution in [2.75, 3.05) is 7.11 Å². The molecule has 0 atom stereocenters. The highest BCUT2D eigenvalue weighted by atomic mass is 16.5. The minimum atomic E-state index is 0.330. The fraction of sp³-hybridized carbons (Fsp3) is 0.571. The van der Waals surface area contributed by atoms with Crippen molar-refractivity contribution in [1.29, 1.82) is 0 Å². The summed E-state index contributed by atoms with van der Waals surface area (Å²) in [7, 11) is 1.54. The van der Waals surface area contributed by atoms with Crippen LogP contribution in [-0.4, -0.2) is 7.11 Å². The van der Waals surface area contributed by atoms with Crippen molar-refractivity contribution in [1.82, 2.24) is 0 Å². The molecule has 2 heteroatoms. The van der Waals surface area contributed by atoms with Crippen molar-refractivity contribution in [2.24, 2.45) is 5.92 Å². The third kappa shape index (κ3) is 4.89. The van der Waals surface area contributed by atoms with Crippen molar-refractivity contribution in [3.63, 3.8) is 0 Å². The van der Waals surface area contributed by atoms with E-state index in [1.54, 1.807) is 0 Å². The van der Waals surface area contributed by atoms with Crippen molar-refractivity contribution < 1.29 is 4.74 Å². The molecule has 0 aliphatic carbocycles. The van der Waals surface area contributed by atoms with Crippen LogP contribution in [0.4, 0.5) is 0 Å². The van der Waals surface area contributed by atoms with E-state index in [1.165, 1.54) is 7.11 Å². The molecule has 0 radical (unpaired) electrons. The second-order valence-electron chi connectivity index (χ2n) is 1.99. The van der Waals surface area contributed by atoms with Crippen LogP contribution in [0.1, 0.15) is 13.8 Å². The Morgan fingerprint density at radius 2 is 2.22 bits per heavy atom. The van der Waals surface area contributed by atoms with Gasteiger partial charge in [-0.3, -0.25) is 0 Å². The second kappa shape index (κ2) is 3.96. The Morgan fingerprint density at radius 1 is 1.67 bits per heavy atom. The molecule has 0 fully saturated rings. The molecule has 0 saturated carbocycles. The molecule has 0 aromatic heterocycles. The van der Waals surface area contributed by atoms with Crippen LogP contribution >= 0.6 is 0 Å². The van der Waals surface area contributed by atoms with E-state index in [0.717, 1.165) is 0 Å². The van der Waals surface area contributed by atoms with Crippen LogP contribution in [0.2, 0.25) is 0 Å². The lowest BCUT2D eigenvalue weighted by atomic mass is 10.3. The summed E-state index contributed by atoms with van der Waals surface area (Å²) < 4.78 is 4.68. The van der Waals surface area contributed by atoms with E-state index in [-0.39, 0.29) is 0 Å². The molecule has 0 aromatic rings. The fourth-order valence-corrected chi connectivity index (χ4v) is 0.247. The summed E-state index contributed by atoms with van der Waals surface area (Å²) in [5.41, 5.74) is 0. The lowest BCUT2D eigenvalue weighted by molar-refractivity contribution is 0.307. The summed E-state index contributed by atoms with van der Waals surface area (Å²) in [5, 5.41) is 0. The minimum absolute atomic E-state index is 0.330. The van der Waals surface area contributed by atoms with E-state index < -0.39 is 0 Å². The number of hydrogen-bond acceptors (Lipinski definition) is 1. The van der Waals surface area contributed by atoms with Crippen LogP contribution in [0.15, 0.2) is 12.5 Å². The van der Waals surface area contributed by atoms with E-state index in [4.69, 9.17) is 0 Å². The molecular weight excluding hydrogens is 114 g/mol. The predicted octanol–water partition coefficient (Wildman–Crippen LogP) is 2.09. The molecule has 0 spiro atoms. The summed E-state index contributed by atoms with van der Waals surface area (Å²) in [5.74, 6) is 0.737. The van der Waals surface area contributed by atoms with Crippen molar-refractivity contribution in [3.8, 4) is 6.07 Å². The highest BCUT2D eigenvalue weighted by molar-refractivity contribution is 5.03. The maximum absolute atomic E-state index is 4.68. The standard InChI is InChI=1S/C7H12NO/c1-6(2)5-8-7(3)9-4/h6H,3H2,1-2,4H3/q+1. The van der Waals surface area contributed by atoms with Crippen LogP contribution in [0.3, 0.4) is 0 Å². The Kier molecular flexibility index (Phi) is 3.54. The summed E-state index contributed by atoms with van der Waals surface area (Å²) in [6.45, 7) is 7.48. The van der Waals surface area contributed by atoms with Gasteiger partial charge in [0.1, 0.15) is 0 Å². The van der Waals surface area contributed by atoms with Crippen LogP contribution in [0.5, 0.6) is 0 Å². The number of nitrogens with zero attached hydrogens (tertiary/aromatic N) is 1. The third-order valence-corrected chi connectivity index (χ3v) is 0.683. The SMILES string of the molecule is C=C([N+]#CC(C)C)OC. The van der Waals surface area contributed by atoms with Crippen molar-refractivity contribution in [2.45, 2.75) is 13.8 Å². The van der Waals surface area contributed by atoms with E-state index in [0.29, 0.717) is 11.8 Å².